The molecule has 2 atom stereocenters. The maximum Gasteiger partial charge on any atom is 0.251 e. The highest BCUT2D eigenvalue weighted by atomic mass is 32.1. The van der Waals surface area contributed by atoms with Gasteiger partial charge in [0.25, 0.3) is 5.91 Å². The van der Waals surface area contributed by atoms with Crippen LogP contribution in [0.15, 0.2) is 42.5 Å². The van der Waals surface area contributed by atoms with E-state index in [0.29, 0.717) is 27.2 Å². The number of aromatic nitrogens is 2. The van der Waals surface area contributed by atoms with E-state index in [2.05, 4.69) is 27.8 Å². The predicted molar refractivity (Wildman–Crippen MR) is 140 cm³/mol. The number of fused-ring (bicyclic) bond motifs is 1. The van der Waals surface area contributed by atoms with E-state index in [-0.39, 0.29) is 24.5 Å². The van der Waals surface area contributed by atoms with E-state index in [9.17, 15) is 9.59 Å². The lowest BCUT2D eigenvalue weighted by Crippen LogP contribution is -2.47. The number of amides is 2. The van der Waals surface area contributed by atoms with Crippen LogP contribution in [0.4, 0.5) is 5.13 Å². The topological polar surface area (TPSA) is 102 Å². The lowest BCUT2D eigenvalue weighted by molar-refractivity contribution is -0.119. The average Bonchev–Trinajstić information content (AvgIpc) is 3.56. The number of carbonyl (C=O) groups is 2. The molecular formula is C27H32N4O4S. The van der Waals surface area contributed by atoms with Gasteiger partial charge in [-0.15, -0.1) is 10.2 Å². The van der Waals surface area contributed by atoms with Crippen molar-refractivity contribution in [2.24, 2.45) is 5.92 Å². The molecule has 2 heterocycles. The minimum atomic E-state index is -0.704. The molecule has 8 nitrogen and oxygen atoms in total. The molecule has 2 amide bonds. The Kier molecular flexibility index (Phi) is 8.53. The number of unbranched alkanes of at least 4 members (excludes halogenated alkanes) is 2. The average molecular weight is 509 g/mol. The SMILES string of the molecule is CCCCCc1ccc(C(=O)N[C@H](C(=O)Nc2nnc(-c3ccc4c(c3)OCO4)s2)[C@H](C)CC)cc1. The molecule has 1 aliphatic rings. The van der Waals surface area contributed by atoms with Crippen LogP contribution in [-0.2, 0) is 11.2 Å². The van der Waals surface area contributed by atoms with Gasteiger partial charge in [0.15, 0.2) is 11.5 Å². The van der Waals surface area contributed by atoms with E-state index in [1.807, 2.05) is 56.3 Å². The molecule has 9 heteroatoms. The van der Waals surface area contributed by atoms with Gasteiger partial charge >= 0.3 is 0 Å². The molecule has 0 saturated carbocycles. The molecule has 2 aromatic carbocycles. The summed E-state index contributed by atoms with van der Waals surface area (Å²) in [5.41, 5.74) is 2.57. The molecule has 2 N–H and O–H groups in total. The zero-order valence-corrected chi connectivity index (χ0v) is 21.7. The molecule has 3 aromatic rings. The summed E-state index contributed by atoms with van der Waals surface area (Å²) in [7, 11) is 0. The lowest BCUT2D eigenvalue weighted by atomic mass is 9.97. The van der Waals surface area contributed by atoms with Gasteiger partial charge in [-0.2, -0.15) is 0 Å². The van der Waals surface area contributed by atoms with Crippen LogP contribution in [0.3, 0.4) is 0 Å². The van der Waals surface area contributed by atoms with Crippen molar-refractivity contribution in [1.29, 1.82) is 0 Å². The second-order valence-corrected chi connectivity index (χ2v) is 9.94. The summed E-state index contributed by atoms with van der Waals surface area (Å²) in [6.45, 7) is 6.31. The zero-order valence-electron chi connectivity index (χ0n) is 20.9. The van der Waals surface area contributed by atoms with Crippen molar-refractivity contribution in [3.63, 3.8) is 0 Å². The Hall–Kier alpha value is -3.46. The van der Waals surface area contributed by atoms with Crippen molar-refractivity contribution in [3.8, 4) is 22.1 Å². The minimum Gasteiger partial charge on any atom is -0.454 e. The molecule has 0 unspecified atom stereocenters. The maximum atomic E-state index is 13.2. The van der Waals surface area contributed by atoms with Crippen molar-refractivity contribution >= 4 is 28.3 Å². The fourth-order valence-electron chi connectivity index (χ4n) is 3.93. The number of aryl methyl sites for hydroxylation is 1. The predicted octanol–water partition coefficient (Wildman–Crippen LogP) is 5.45. The van der Waals surface area contributed by atoms with Crippen LogP contribution in [-0.4, -0.2) is 34.8 Å². The fourth-order valence-corrected chi connectivity index (χ4v) is 4.67. The number of rotatable bonds is 11. The molecule has 4 rings (SSSR count). The Balaban J connectivity index is 1.40. The van der Waals surface area contributed by atoms with Crippen molar-refractivity contribution in [2.75, 3.05) is 12.1 Å². The first kappa shape index (κ1) is 25.6. The Morgan fingerprint density at radius 1 is 1.03 bits per heavy atom. The van der Waals surface area contributed by atoms with E-state index in [0.717, 1.165) is 24.8 Å². The second-order valence-electron chi connectivity index (χ2n) is 8.96. The fraction of sp³-hybridized carbons (Fsp3) is 0.407. The second kappa shape index (κ2) is 12.0. The highest BCUT2D eigenvalue weighted by molar-refractivity contribution is 7.18. The summed E-state index contributed by atoms with van der Waals surface area (Å²) in [6, 6.07) is 12.5. The highest BCUT2D eigenvalue weighted by Gasteiger charge is 2.27. The molecule has 1 aromatic heterocycles. The van der Waals surface area contributed by atoms with E-state index in [4.69, 9.17) is 9.47 Å². The van der Waals surface area contributed by atoms with E-state index in [1.54, 1.807) is 0 Å². The molecule has 190 valence electrons. The quantitative estimate of drug-likeness (QED) is 0.334. The van der Waals surface area contributed by atoms with Crippen LogP contribution in [0, 0.1) is 5.92 Å². The smallest absolute Gasteiger partial charge is 0.251 e. The minimum absolute atomic E-state index is 0.0662. The molecule has 1 aliphatic heterocycles. The molecule has 36 heavy (non-hydrogen) atoms. The van der Waals surface area contributed by atoms with Gasteiger partial charge in [-0.05, 0) is 54.7 Å². The van der Waals surface area contributed by atoms with Gasteiger partial charge in [0.05, 0.1) is 0 Å². The summed E-state index contributed by atoms with van der Waals surface area (Å²) >= 11 is 1.26. The van der Waals surface area contributed by atoms with E-state index in [1.165, 1.54) is 29.7 Å². The number of ether oxygens (including phenoxy) is 2. The molecule has 0 saturated heterocycles. The number of nitrogens with one attached hydrogen (secondary N) is 2. The van der Waals surface area contributed by atoms with Gasteiger partial charge in [-0.1, -0.05) is 63.5 Å². The third-order valence-electron chi connectivity index (χ3n) is 6.34. The summed E-state index contributed by atoms with van der Waals surface area (Å²) in [5.74, 6) is 0.691. The summed E-state index contributed by atoms with van der Waals surface area (Å²) in [5, 5.41) is 15.1. The van der Waals surface area contributed by atoms with Gasteiger partial charge in [0.2, 0.25) is 17.8 Å². The van der Waals surface area contributed by atoms with Crippen LogP contribution in [0.2, 0.25) is 0 Å². The van der Waals surface area contributed by atoms with Crippen LogP contribution in [0.1, 0.15) is 62.4 Å². The molecule has 0 spiro atoms. The molecule has 0 fully saturated rings. The van der Waals surface area contributed by atoms with Gasteiger partial charge < -0.3 is 14.8 Å². The molecule has 0 aliphatic carbocycles. The number of benzene rings is 2. The normalized spacial score (nSPS) is 13.8. The Bertz CT molecular complexity index is 1190. The Morgan fingerprint density at radius 3 is 2.56 bits per heavy atom. The largest absolute Gasteiger partial charge is 0.454 e. The number of nitrogens with zero attached hydrogens (tertiary/aromatic N) is 2. The van der Waals surface area contributed by atoms with Crippen LogP contribution >= 0.6 is 11.3 Å². The third kappa shape index (κ3) is 6.20. The van der Waals surface area contributed by atoms with Gasteiger partial charge in [0, 0.05) is 11.1 Å². The Morgan fingerprint density at radius 2 is 1.81 bits per heavy atom. The lowest BCUT2D eigenvalue weighted by Gasteiger charge is -2.23. The zero-order chi connectivity index (χ0) is 25.5. The monoisotopic (exact) mass is 508 g/mol. The third-order valence-corrected chi connectivity index (χ3v) is 7.23. The first-order valence-electron chi connectivity index (χ1n) is 12.4. The number of hydrogen-bond donors (Lipinski definition) is 2. The van der Waals surface area contributed by atoms with Crippen molar-refractivity contribution in [2.45, 2.75) is 58.9 Å². The summed E-state index contributed by atoms with van der Waals surface area (Å²) in [6.07, 6.45) is 5.24. The van der Waals surface area contributed by atoms with E-state index >= 15 is 0 Å². The molecule has 0 bridgehead atoms. The van der Waals surface area contributed by atoms with Crippen LogP contribution in [0.25, 0.3) is 10.6 Å². The first-order chi connectivity index (χ1) is 17.5. The van der Waals surface area contributed by atoms with E-state index < -0.39 is 6.04 Å². The summed E-state index contributed by atoms with van der Waals surface area (Å²) in [4.78, 5) is 26.1. The van der Waals surface area contributed by atoms with Gasteiger partial charge in [-0.3, -0.25) is 14.9 Å². The Labute approximate surface area is 215 Å². The maximum absolute atomic E-state index is 13.2. The van der Waals surface area contributed by atoms with Gasteiger partial charge in [0.1, 0.15) is 11.0 Å². The van der Waals surface area contributed by atoms with Crippen molar-refractivity contribution in [1.82, 2.24) is 15.5 Å². The van der Waals surface area contributed by atoms with Gasteiger partial charge in [-0.25, -0.2) is 0 Å². The molecule has 0 radical (unpaired) electrons. The first-order valence-corrected chi connectivity index (χ1v) is 13.2. The van der Waals surface area contributed by atoms with Crippen molar-refractivity contribution in [3.05, 3.63) is 53.6 Å². The number of anilines is 1. The van der Waals surface area contributed by atoms with Crippen LogP contribution in [0.5, 0.6) is 11.5 Å². The molecular weight excluding hydrogens is 476 g/mol. The standard InChI is InChI=1S/C27H32N4O4S/c1-4-6-7-8-18-9-11-19(12-10-18)24(32)28-23(17(3)5-2)25(33)29-27-31-30-26(36-27)20-13-14-21-22(15-20)35-16-34-21/h9-15,17,23H,4-8,16H2,1-3H3,(H,28,32)(H,29,31,33)/t17-,23+/m1/s1. The number of carbonyl (C=O) groups excluding carboxylic acids is 2. The van der Waals surface area contributed by atoms with Crippen LogP contribution < -0.4 is 20.1 Å². The highest BCUT2D eigenvalue weighted by Crippen LogP contribution is 2.37. The summed E-state index contributed by atoms with van der Waals surface area (Å²) < 4.78 is 10.8. The van der Waals surface area contributed by atoms with Crippen molar-refractivity contribution < 1.29 is 19.1 Å². The number of hydrogen-bond acceptors (Lipinski definition) is 7.